The van der Waals surface area contributed by atoms with Crippen LogP contribution in [0.1, 0.15) is 26.5 Å². The maximum Gasteiger partial charge on any atom is 0.319 e. The molecule has 0 aliphatic heterocycles. The number of amides is 2. The van der Waals surface area contributed by atoms with Gasteiger partial charge in [-0.1, -0.05) is 0 Å². The van der Waals surface area contributed by atoms with Gasteiger partial charge in [-0.15, -0.1) is 0 Å². The quantitative estimate of drug-likeness (QED) is 0.749. The molecule has 0 spiro atoms. The van der Waals surface area contributed by atoms with Crippen LogP contribution in [0.3, 0.4) is 0 Å². The molecular formula is C17H23N5O3S. The molecule has 4 N–H and O–H groups in total. The van der Waals surface area contributed by atoms with E-state index in [0.29, 0.717) is 22.8 Å². The molecule has 0 fully saturated rings. The van der Waals surface area contributed by atoms with E-state index >= 15 is 0 Å². The number of hydrogen-bond acceptors (Lipinski definition) is 6. The van der Waals surface area contributed by atoms with Crippen LogP contribution in [-0.2, 0) is 15.6 Å². The number of rotatable bonds is 4. The Kier molecular flexibility index (Phi) is 5.50. The summed E-state index contributed by atoms with van der Waals surface area (Å²) in [5.74, 6) is 0.314. The third-order valence-electron chi connectivity index (χ3n) is 3.10. The number of hydrogen-bond donors (Lipinski definition) is 3. The molecule has 0 saturated heterocycles. The summed E-state index contributed by atoms with van der Waals surface area (Å²) in [6.45, 7) is 5.67. The Labute approximate surface area is 153 Å². The van der Waals surface area contributed by atoms with E-state index in [2.05, 4.69) is 20.6 Å². The van der Waals surface area contributed by atoms with Crippen molar-refractivity contribution < 1.29 is 13.2 Å². The van der Waals surface area contributed by atoms with Crippen LogP contribution in [0.4, 0.5) is 16.3 Å². The van der Waals surface area contributed by atoms with Crippen LogP contribution in [0.25, 0.3) is 11.4 Å². The summed E-state index contributed by atoms with van der Waals surface area (Å²) in [5, 5.41) is 5.54. The molecule has 2 aromatic rings. The maximum atomic E-state index is 11.9. The van der Waals surface area contributed by atoms with Crippen LogP contribution in [0.5, 0.6) is 0 Å². The van der Waals surface area contributed by atoms with E-state index in [0.717, 1.165) is 6.26 Å². The van der Waals surface area contributed by atoms with Crippen LogP contribution < -0.4 is 16.4 Å². The SMILES string of the molecule is CC(C)(C)NC(=O)Nc1ccc(-c2nc(N)cc(CS(C)(=O)=O)n2)cc1. The number of carbonyl (C=O) groups excluding carboxylic acids is 1. The Morgan fingerprint density at radius 1 is 1.15 bits per heavy atom. The monoisotopic (exact) mass is 377 g/mol. The van der Waals surface area contributed by atoms with Gasteiger partial charge in [0.2, 0.25) is 0 Å². The minimum atomic E-state index is -3.23. The van der Waals surface area contributed by atoms with Gasteiger partial charge in [-0.3, -0.25) is 0 Å². The van der Waals surface area contributed by atoms with E-state index in [1.807, 2.05) is 20.8 Å². The van der Waals surface area contributed by atoms with Crippen LogP contribution >= 0.6 is 0 Å². The molecule has 0 saturated carbocycles. The first-order valence-electron chi connectivity index (χ1n) is 7.92. The van der Waals surface area contributed by atoms with Gasteiger partial charge in [0.05, 0.1) is 11.4 Å². The van der Waals surface area contributed by atoms with Crippen molar-refractivity contribution in [2.24, 2.45) is 0 Å². The summed E-state index contributed by atoms with van der Waals surface area (Å²) < 4.78 is 22.9. The van der Waals surface area contributed by atoms with E-state index in [4.69, 9.17) is 5.73 Å². The molecule has 1 heterocycles. The molecule has 1 aromatic heterocycles. The second-order valence-electron chi connectivity index (χ2n) is 7.08. The Balaban J connectivity index is 2.19. The molecule has 1 aromatic carbocycles. The van der Waals surface area contributed by atoms with Crippen molar-refractivity contribution in [2.75, 3.05) is 17.3 Å². The third-order valence-corrected chi connectivity index (χ3v) is 3.92. The Hall–Kier alpha value is -2.68. The number of urea groups is 1. The van der Waals surface area contributed by atoms with E-state index in [1.54, 1.807) is 24.3 Å². The Bertz CT molecular complexity index is 903. The predicted molar refractivity (Wildman–Crippen MR) is 102 cm³/mol. The van der Waals surface area contributed by atoms with Gasteiger partial charge in [0.1, 0.15) is 5.82 Å². The molecular weight excluding hydrogens is 354 g/mol. The lowest BCUT2D eigenvalue weighted by Crippen LogP contribution is -2.43. The second-order valence-corrected chi connectivity index (χ2v) is 9.22. The maximum absolute atomic E-state index is 11.9. The summed E-state index contributed by atoms with van der Waals surface area (Å²) >= 11 is 0. The largest absolute Gasteiger partial charge is 0.384 e. The number of sulfone groups is 1. The van der Waals surface area contributed by atoms with Crippen molar-refractivity contribution in [3.05, 3.63) is 36.0 Å². The molecule has 2 amide bonds. The molecule has 0 aliphatic rings. The lowest BCUT2D eigenvalue weighted by molar-refractivity contribution is 0.244. The van der Waals surface area contributed by atoms with Gasteiger partial charge in [0.15, 0.2) is 15.7 Å². The van der Waals surface area contributed by atoms with E-state index in [-0.39, 0.29) is 23.1 Å². The van der Waals surface area contributed by atoms with Crippen molar-refractivity contribution in [1.29, 1.82) is 0 Å². The highest BCUT2D eigenvalue weighted by Crippen LogP contribution is 2.20. The van der Waals surface area contributed by atoms with Crippen LogP contribution in [0.2, 0.25) is 0 Å². The first-order valence-corrected chi connectivity index (χ1v) is 9.98. The second kappa shape index (κ2) is 7.28. The van der Waals surface area contributed by atoms with Crippen molar-refractivity contribution in [2.45, 2.75) is 32.1 Å². The average Bonchev–Trinajstić information content (AvgIpc) is 2.43. The number of carbonyl (C=O) groups is 1. The predicted octanol–water partition coefficient (Wildman–Crippen LogP) is 2.19. The highest BCUT2D eigenvalue weighted by Gasteiger charge is 2.14. The van der Waals surface area contributed by atoms with Crippen LogP contribution in [0.15, 0.2) is 30.3 Å². The zero-order chi connectivity index (χ0) is 19.5. The Morgan fingerprint density at radius 2 is 1.77 bits per heavy atom. The van der Waals surface area contributed by atoms with Gasteiger partial charge in [-0.2, -0.15) is 0 Å². The number of nitrogens with zero attached hydrogens (tertiary/aromatic N) is 2. The molecule has 8 nitrogen and oxygen atoms in total. The number of nitrogen functional groups attached to an aromatic ring is 1. The molecule has 0 atom stereocenters. The molecule has 140 valence electrons. The number of benzene rings is 1. The standard InChI is InChI=1S/C17H23N5O3S/c1-17(2,3)22-16(23)20-12-7-5-11(6-8-12)15-19-13(9-14(18)21-15)10-26(4,24)25/h5-9H,10H2,1-4H3,(H2,18,19,21)(H2,20,22,23). The fraction of sp³-hybridized carbons (Fsp3) is 0.353. The number of anilines is 2. The summed E-state index contributed by atoms with van der Waals surface area (Å²) in [5.41, 5.74) is 7.02. The van der Waals surface area contributed by atoms with Crippen LogP contribution in [-0.4, -0.2) is 36.2 Å². The molecule has 0 unspecified atom stereocenters. The molecule has 2 rings (SSSR count). The van der Waals surface area contributed by atoms with Gasteiger partial charge in [0, 0.05) is 29.1 Å². The van der Waals surface area contributed by atoms with Crippen molar-refractivity contribution in [3.8, 4) is 11.4 Å². The molecule has 0 bridgehead atoms. The smallest absolute Gasteiger partial charge is 0.319 e. The fourth-order valence-corrected chi connectivity index (χ4v) is 2.88. The first kappa shape index (κ1) is 19.6. The lowest BCUT2D eigenvalue weighted by Gasteiger charge is -2.20. The van der Waals surface area contributed by atoms with Gasteiger partial charge < -0.3 is 16.4 Å². The average molecular weight is 377 g/mol. The van der Waals surface area contributed by atoms with Gasteiger partial charge in [-0.05, 0) is 45.0 Å². The molecule has 9 heteroatoms. The normalized spacial score (nSPS) is 11.8. The Morgan fingerprint density at radius 3 is 2.31 bits per heavy atom. The minimum absolute atomic E-state index is 0.195. The molecule has 0 aliphatic carbocycles. The lowest BCUT2D eigenvalue weighted by atomic mass is 10.1. The minimum Gasteiger partial charge on any atom is -0.384 e. The van der Waals surface area contributed by atoms with E-state index in [9.17, 15) is 13.2 Å². The summed E-state index contributed by atoms with van der Waals surface area (Å²) in [7, 11) is -3.23. The summed E-state index contributed by atoms with van der Waals surface area (Å²) in [6.07, 6.45) is 1.13. The highest BCUT2D eigenvalue weighted by molar-refractivity contribution is 7.89. The topological polar surface area (TPSA) is 127 Å². The molecule has 26 heavy (non-hydrogen) atoms. The third kappa shape index (κ3) is 6.32. The van der Waals surface area contributed by atoms with Gasteiger partial charge >= 0.3 is 6.03 Å². The van der Waals surface area contributed by atoms with Gasteiger partial charge in [0.25, 0.3) is 0 Å². The van der Waals surface area contributed by atoms with Crippen molar-refractivity contribution in [1.82, 2.24) is 15.3 Å². The summed E-state index contributed by atoms with van der Waals surface area (Å²) in [4.78, 5) is 20.3. The number of nitrogens with one attached hydrogen (secondary N) is 2. The van der Waals surface area contributed by atoms with E-state index in [1.165, 1.54) is 6.07 Å². The fourth-order valence-electron chi connectivity index (χ4n) is 2.20. The van der Waals surface area contributed by atoms with Crippen LogP contribution in [0, 0.1) is 0 Å². The van der Waals surface area contributed by atoms with E-state index < -0.39 is 9.84 Å². The zero-order valence-corrected chi connectivity index (χ0v) is 16.0. The van der Waals surface area contributed by atoms with Gasteiger partial charge in [-0.25, -0.2) is 23.2 Å². The summed E-state index contributed by atoms with van der Waals surface area (Å²) in [6, 6.07) is 8.01. The first-order chi connectivity index (χ1) is 11.9. The molecule has 0 radical (unpaired) electrons. The highest BCUT2D eigenvalue weighted by atomic mass is 32.2. The van der Waals surface area contributed by atoms with Crippen molar-refractivity contribution in [3.63, 3.8) is 0 Å². The number of aromatic nitrogens is 2. The number of nitrogens with two attached hydrogens (primary N) is 1. The van der Waals surface area contributed by atoms with Crippen molar-refractivity contribution >= 4 is 27.4 Å². The zero-order valence-electron chi connectivity index (χ0n) is 15.2.